The Bertz CT molecular complexity index is 1190. The number of hydrogen-bond acceptors (Lipinski definition) is 8. The lowest BCUT2D eigenvalue weighted by Crippen LogP contribution is -2.49. The Hall–Kier alpha value is -4.08. The van der Waals surface area contributed by atoms with Crippen molar-refractivity contribution < 1.29 is 4.79 Å². The first kappa shape index (κ1) is 19.9. The highest BCUT2D eigenvalue weighted by atomic mass is 16.2. The largest absolute Gasteiger partial charge is 0.369 e. The Morgan fingerprint density at radius 2 is 1.75 bits per heavy atom. The molecule has 0 unspecified atom stereocenters. The second-order valence-corrected chi connectivity index (χ2v) is 7.46. The summed E-state index contributed by atoms with van der Waals surface area (Å²) in [6, 6.07) is 13.7. The van der Waals surface area contributed by atoms with Gasteiger partial charge in [-0.15, -0.1) is 0 Å². The summed E-state index contributed by atoms with van der Waals surface area (Å²) in [4.78, 5) is 34.1. The molecule has 3 aromatic heterocycles. The summed E-state index contributed by atoms with van der Waals surface area (Å²) in [5, 5.41) is 7.58. The molecule has 32 heavy (non-hydrogen) atoms. The summed E-state index contributed by atoms with van der Waals surface area (Å²) in [6.07, 6.45) is 5.34. The number of aromatic nitrogens is 6. The molecule has 1 saturated heterocycles. The lowest BCUT2D eigenvalue weighted by atomic mass is 10.1. The average molecular weight is 429 g/mol. The number of rotatable bonds is 6. The van der Waals surface area contributed by atoms with E-state index in [-0.39, 0.29) is 5.91 Å². The highest BCUT2D eigenvalue weighted by Crippen LogP contribution is 2.21. The minimum absolute atomic E-state index is 0.123. The van der Waals surface area contributed by atoms with E-state index < -0.39 is 0 Å². The molecule has 1 N–H and O–H groups in total. The number of hydrogen-bond donors (Lipinski definition) is 1. The second-order valence-electron chi connectivity index (χ2n) is 7.46. The van der Waals surface area contributed by atoms with Gasteiger partial charge < -0.3 is 15.1 Å². The maximum atomic E-state index is 12.7. The predicted octanol–water partition coefficient (Wildman–Crippen LogP) is 1.73. The molecule has 1 aliphatic rings. The van der Waals surface area contributed by atoms with Crippen LogP contribution in [0.15, 0.2) is 61.2 Å². The molecule has 4 aromatic rings. The van der Waals surface area contributed by atoms with Gasteiger partial charge in [0.2, 0.25) is 11.9 Å². The number of nitrogens with zero attached hydrogens (tertiary/aromatic N) is 8. The van der Waals surface area contributed by atoms with Gasteiger partial charge in [-0.05, 0) is 6.07 Å². The van der Waals surface area contributed by atoms with Crippen LogP contribution < -0.4 is 10.2 Å². The summed E-state index contributed by atoms with van der Waals surface area (Å²) >= 11 is 0. The van der Waals surface area contributed by atoms with Crippen molar-refractivity contribution in [2.75, 3.05) is 42.9 Å². The van der Waals surface area contributed by atoms with Crippen LogP contribution in [0.5, 0.6) is 0 Å². The van der Waals surface area contributed by atoms with Gasteiger partial charge in [-0.25, -0.2) is 15.0 Å². The molecular formula is C22H23N9O. The van der Waals surface area contributed by atoms with E-state index >= 15 is 0 Å². The van der Waals surface area contributed by atoms with Crippen LogP contribution in [0.4, 0.5) is 11.8 Å². The highest BCUT2D eigenvalue weighted by molar-refractivity contribution is 5.77. The zero-order valence-corrected chi connectivity index (χ0v) is 17.5. The van der Waals surface area contributed by atoms with Crippen LogP contribution >= 0.6 is 0 Å². The Morgan fingerprint density at radius 1 is 0.969 bits per heavy atom. The van der Waals surface area contributed by atoms with Crippen LogP contribution in [0, 0.1) is 0 Å². The normalized spacial score (nSPS) is 14.0. The molecule has 1 amide bonds. The van der Waals surface area contributed by atoms with Crippen LogP contribution in [0.25, 0.3) is 17.0 Å². The Balaban J connectivity index is 1.19. The van der Waals surface area contributed by atoms with E-state index in [9.17, 15) is 4.79 Å². The average Bonchev–Trinajstić information content (AvgIpc) is 3.34. The molecule has 0 atom stereocenters. The van der Waals surface area contributed by atoms with E-state index in [1.54, 1.807) is 23.0 Å². The van der Waals surface area contributed by atoms with Crippen molar-refractivity contribution in [1.82, 2.24) is 34.4 Å². The lowest BCUT2D eigenvalue weighted by molar-refractivity contribution is -0.131. The van der Waals surface area contributed by atoms with Crippen LogP contribution in [-0.4, -0.2) is 73.1 Å². The first-order valence-corrected chi connectivity index (χ1v) is 10.6. The van der Waals surface area contributed by atoms with E-state index in [1.807, 2.05) is 41.3 Å². The molecule has 162 valence electrons. The van der Waals surface area contributed by atoms with Crippen molar-refractivity contribution in [3.63, 3.8) is 0 Å². The Morgan fingerprint density at radius 3 is 2.53 bits per heavy atom. The van der Waals surface area contributed by atoms with Gasteiger partial charge in [0, 0.05) is 63.2 Å². The fraction of sp³-hybridized carbons (Fsp3) is 0.273. The molecule has 1 aliphatic heterocycles. The zero-order chi connectivity index (χ0) is 21.8. The van der Waals surface area contributed by atoms with Crippen LogP contribution in [-0.2, 0) is 4.79 Å². The third kappa shape index (κ3) is 4.20. The Labute approximate surface area is 185 Å². The number of carbonyl (C=O) groups excluding carboxylic acids is 1. The molecule has 0 spiro atoms. The minimum Gasteiger partial charge on any atom is -0.369 e. The van der Waals surface area contributed by atoms with Crippen LogP contribution in [0.3, 0.4) is 0 Å². The summed E-state index contributed by atoms with van der Waals surface area (Å²) < 4.78 is 1.65. The van der Waals surface area contributed by atoms with Crippen molar-refractivity contribution in [3.8, 4) is 11.3 Å². The van der Waals surface area contributed by atoms with E-state index in [1.165, 1.54) is 6.33 Å². The lowest BCUT2D eigenvalue weighted by Gasteiger charge is -2.34. The molecule has 1 fully saturated rings. The van der Waals surface area contributed by atoms with Crippen molar-refractivity contribution in [1.29, 1.82) is 0 Å². The first-order chi connectivity index (χ1) is 15.8. The standard InChI is InChI=1S/C22H23N9O/c32-20(29-11-13-30(14-12-29)21-24-8-4-9-25-21)7-10-23-19-15-18(17-5-2-1-3-6-17)28-22-26-16-27-31(19)22/h1-6,8-9,15-16,23H,7,10-14H2. The quantitative estimate of drug-likeness (QED) is 0.494. The van der Waals surface area contributed by atoms with Crippen molar-refractivity contribution in [2.24, 2.45) is 0 Å². The predicted molar refractivity (Wildman–Crippen MR) is 120 cm³/mol. The molecule has 4 heterocycles. The number of carbonyl (C=O) groups is 1. The van der Waals surface area contributed by atoms with Crippen molar-refractivity contribution >= 4 is 23.5 Å². The molecule has 0 radical (unpaired) electrons. The van der Waals surface area contributed by atoms with Gasteiger partial charge >= 0.3 is 0 Å². The van der Waals surface area contributed by atoms with Crippen molar-refractivity contribution in [3.05, 3.63) is 61.2 Å². The minimum atomic E-state index is 0.123. The van der Waals surface area contributed by atoms with Gasteiger partial charge in [-0.1, -0.05) is 30.3 Å². The summed E-state index contributed by atoms with van der Waals surface area (Å²) in [7, 11) is 0. The number of fused-ring (bicyclic) bond motifs is 1. The van der Waals surface area contributed by atoms with Gasteiger partial charge in [0.15, 0.2) is 0 Å². The second kappa shape index (κ2) is 8.96. The molecule has 10 nitrogen and oxygen atoms in total. The topological polar surface area (TPSA) is 104 Å². The maximum absolute atomic E-state index is 12.7. The van der Waals surface area contributed by atoms with Crippen LogP contribution in [0.1, 0.15) is 6.42 Å². The smallest absolute Gasteiger partial charge is 0.254 e. The van der Waals surface area contributed by atoms with Gasteiger partial charge in [-0.3, -0.25) is 4.79 Å². The molecule has 5 rings (SSSR count). The van der Waals surface area contributed by atoms with Gasteiger partial charge in [0.1, 0.15) is 12.1 Å². The molecule has 0 saturated carbocycles. The summed E-state index contributed by atoms with van der Waals surface area (Å²) in [5.41, 5.74) is 1.80. The van der Waals surface area contributed by atoms with E-state index in [2.05, 4.69) is 35.3 Å². The van der Waals surface area contributed by atoms with Gasteiger partial charge in [0.05, 0.1) is 5.69 Å². The van der Waals surface area contributed by atoms with E-state index in [0.29, 0.717) is 37.8 Å². The summed E-state index contributed by atoms with van der Waals surface area (Å²) in [6.45, 7) is 3.28. The fourth-order valence-corrected chi connectivity index (χ4v) is 3.76. The zero-order valence-electron chi connectivity index (χ0n) is 17.5. The monoisotopic (exact) mass is 429 g/mol. The molecular weight excluding hydrogens is 406 g/mol. The molecule has 1 aromatic carbocycles. The van der Waals surface area contributed by atoms with Gasteiger partial charge in [-0.2, -0.15) is 14.6 Å². The summed E-state index contributed by atoms with van der Waals surface area (Å²) in [5.74, 6) is 2.10. The number of piperazine rings is 1. The van der Waals surface area contributed by atoms with E-state index in [4.69, 9.17) is 0 Å². The molecule has 0 bridgehead atoms. The molecule has 10 heteroatoms. The highest BCUT2D eigenvalue weighted by Gasteiger charge is 2.22. The first-order valence-electron chi connectivity index (χ1n) is 10.6. The number of anilines is 2. The molecule has 0 aliphatic carbocycles. The number of amides is 1. The van der Waals surface area contributed by atoms with Crippen molar-refractivity contribution in [2.45, 2.75) is 6.42 Å². The van der Waals surface area contributed by atoms with Gasteiger partial charge in [0.25, 0.3) is 5.78 Å². The third-order valence-electron chi connectivity index (χ3n) is 5.43. The number of benzene rings is 1. The fourth-order valence-electron chi connectivity index (χ4n) is 3.76. The third-order valence-corrected chi connectivity index (χ3v) is 5.43. The van der Waals surface area contributed by atoms with Crippen LogP contribution in [0.2, 0.25) is 0 Å². The number of nitrogens with one attached hydrogen (secondary N) is 1. The SMILES string of the molecule is O=C(CCNc1cc(-c2ccccc2)nc2ncnn12)N1CCN(c2ncccn2)CC1. The van der Waals surface area contributed by atoms with E-state index in [0.717, 1.165) is 30.2 Å². The maximum Gasteiger partial charge on any atom is 0.254 e. The Kier molecular flexibility index (Phi) is 5.56.